The van der Waals surface area contributed by atoms with E-state index in [4.69, 9.17) is 0 Å². The first kappa shape index (κ1) is 20.7. The Balaban J connectivity index is 0.00000264. The Kier molecular flexibility index (Phi) is 9.46. The Morgan fingerprint density at radius 1 is 1.35 bits per heavy atom. The van der Waals surface area contributed by atoms with Gasteiger partial charge in [-0.2, -0.15) is 0 Å². The molecule has 1 fully saturated rings. The first-order chi connectivity index (χ1) is 10.6. The van der Waals surface area contributed by atoms with Gasteiger partial charge in [0.2, 0.25) is 0 Å². The molecule has 0 bridgehead atoms. The van der Waals surface area contributed by atoms with E-state index in [-0.39, 0.29) is 24.0 Å². The highest BCUT2D eigenvalue weighted by atomic mass is 127. The van der Waals surface area contributed by atoms with Gasteiger partial charge in [-0.15, -0.1) is 35.3 Å². The van der Waals surface area contributed by atoms with Crippen molar-refractivity contribution in [3.63, 3.8) is 0 Å². The average Bonchev–Trinajstić information content (AvgIpc) is 3.02. The van der Waals surface area contributed by atoms with Crippen LogP contribution in [0.3, 0.4) is 0 Å². The number of rotatable bonds is 5. The van der Waals surface area contributed by atoms with Gasteiger partial charge >= 0.3 is 0 Å². The van der Waals surface area contributed by atoms with Crippen molar-refractivity contribution in [2.45, 2.75) is 44.7 Å². The van der Waals surface area contributed by atoms with E-state index in [1.54, 1.807) is 0 Å². The molecule has 1 heterocycles. The highest BCUT2D eigenvalue weighted by Crippen LogP contribution is 2.24. The Labute approximate surface area is 162 Å². The zero-order valence-corrected chi connectivity index (χ0v) is 17.9. The van der Waals surface area contributed by atoms with Gasteiger partial charge in [0.15, 0.2) is 5.96 Å². The van der Waals surface area contributed by atoms with Crippen LogP contribution in [0.4, 0.5) is 0 Å². The van der Waals surface area contributed by atoms with Crippen molar-refractivity contribution in [1.82, 2.24) is 15.5 Å². The number of likely N-dealkylation sites (N-methyl/N-ethyl adjacent to an activating group) is 1. The van der Waals surface area contributed by atoms with Crippen LogP contribution in [0.25, 0.3) is 0 Å². The summed E-state index contributed by atoms with van der Waals surface area (Å²) < 4.78 is 0. The summed E-state index contributed by atoms with van der Waals surface area (Å²) >= 11 is 1.81. The van der Waals surface area contributed by atoms with E-state index >= 15 is 0 Å². The van der Waals surface area contributed by atoms with Crippen molar-refractivity contribution < 1.29 is 0 Å². The standard InChI is InChI=1S/C17H30N4S.HI/c1-13-7-9-14(10-8-13)20-17(18-2)19-12-15(21(3)4)16-6-5-11-22-16;/h5-6,11,13-15H,7-10,12H2,1-4H3,(H2,18,19,20);1H. The quantitative estimate of drug-likeness (QED) is 0.408. The molecule has 23 heavy (non-hydrogen) atoms. The van der Waals surface area contributed by atoms with Gasteiger partial charge in [-0.3, -0.25) is 4.99 Å². The fraction of sp³-hybridized carbons (Fsp3) is 0.706. The Hall–Kier alpha value is -0.340. The van der Waals surface area contributed by atoms with Crippen LogP contribution >= 0.6 is 35.3 Å². The Morgan fingerprint density at radius 3 is 2.57 bits per heavy atom. The van der Waals surface area contributed by atoms with Crippen LogP contribution in [-0.4, -0.2) is 44.6 Å². The molecule has 2 rings (SSSR count). The maximum absolute atomic E-state index is 4.39. The fourth-order valence-corrected chi connectivity index (χ4v) is 3.93. The van der Waals surface area contributed by atoms with Gasteiger partial charge in [0.25, 0.3) is 0 Å². The summed E-state index contributed by atoms with van der Waals surface area (Å²) in [6.45, 7) is 3.22. The molecule has 0 aromatic carbocycles. The van der Waals surface area contributed by atoms with E-state index in [9.17, 15) is 0 Å². The molecule has 1 atom stereocenters. The number of hydrogen-bond donors (Lipinski definition) is 2. The lowest BCUT2D eigenvalue weighted by molar-refractivity contribution is 0.300. The van der Waals surface area contributed by atoms with E-state index in [1.807, 2.05) is 18.4 Å². The summed E-state index contributed by atoms with van der Waals surface area (Å²) in [6, 6.07) is 5.27. The molecule has 0 spiro atoms. The predicted molar refractivity (Wildman–Crippen MR) is 112 cm³/mol. The highest BCUT2D eigenvalue weighted by molar-refractivity contribution is 14.0. The lowest BCUT2D eigenvalue weighted by Gasteiger charge is -2.29. The normalized spacial score (nSPS) is 23.3. The SMILES string of the molecule is CN=C(NCC(c1cccs1)N(C)C)NC1CCC(C)CC1.I. The third-order valence-corrected chi connectivity index (χ3v) is 5.51. The zero-order chi connectivity index (χ0) is 15.9. The summed E-state index contributed by atoms with van der Waals surface area (Å²) in [5.41, 5.74) is 0. The summed E-state index contributed by atoms with van der Waals surface area (Å²) in [7, 11) is 6.12. The summed E-state index contributed by atoms with van der Waals surface area (Å²) in [4.78, 5) is 8.04. The molecular formula is C17H31IN4S. The maximum Gasteiger partial charge on any atom is 0.191 e. The molecule has 6 heteroatoms. The van der Waals surface area contributed by atoms with Gasteiger partial charge in [-0.1, -0.05) is 13.0 Å². The van der Waals surface area contributed by atoms with Crippen molar-refractivity contribution in [3.05, 3.63) is 22.4 Å². The molecule has 0 radical (unpaired) electrons. The smallest absolute Gasteiger partial charge is 0.191 e. The van der Waals surface area contributed by atoms with Crippen LogP contribution in [-0.2, 0) is 0 Å². The topological polar surface area (TPSA) is 39.7 Å². The molecule has 1 aromatic heterocycles. The van der Waals surface area contributed by atoms with Crippen molar-refractivity contribution >= 4 is 41.3 Å². The number of thiophene rings is 1. The molecule has 0 amide bonds. The van der Waals surface area contributed by atoms with E-state index in [0.29, 0.717) is 12.1 Å². The van der Waals surface area contributed by atoms with Gasteiger partial charge in [0.1, 0.15) is 0 Å². The molecule has 1 aliphatic rings. The van der Waals surface area contributed by atoms with Gasteiger partial charge in [-0.25, -0.2) is 0 Å². The van der Waals surface area contributed by atoms with Gasteiger partial charge in [0, 0.05) is 24.5 Å². The maximum atomic E-state index is 4.39. The molecule has 4 nitrogen and oxygen atoms in total. The summed E-state index contributed by atoms with van der Waals surface area (Å²) in [5, 5.41) is 9.23. The molecule has 2 N–H and O–H groups in total. The largest absolute Gasteiger partial charge is 0.354 e. The van der Waals surface area contributed by atoms with Crippen LogP contribution in [0.2, 0.25) is 0 Å². The molecule has 1 aromatic rings. The van der Waals surface area contributed by atoms with Crippen molar-refractivity contribution in [2.24, 2.45) is 10.9 Å². The van der Waals surface area contributed by atoms with Gasteiger partial charge in [0.05, 0.1) is 6.04 Å². The monoisotopic (exact) mass is 450 g/mol. The molecule has 0 aliphatic heterocycles. The number of nitrogens with one attached hydrogen (secondary N) is 2. The zero-order valence-electron chi connectivity index (χ0n) is 14.7. The number of halogens is 1. The van der Waals surface area contributed by atoms with Crippen LogP contribution in [0.5, 0.6) is 0 Å². The molecule has 1 saturated carbocycles. The minimum Gasteiger partial charge on any atom is -0.354 e. The first-order valence-corrected chi connectivity index (χ1v) is 9.15. The number of aliphatic imine (C=N–C) groups is 1. The predicted octanol–water partition coefficient (Wildman–Crippen LogP) is 3.71. The van der Waals surface area contributed by atoms with Crippen molar-refractivity contribution in [1.29, 1.82) is 0 Å². The molecular weight excluding hydrogens is 419 g/mol. The van der Waals surface area contributed by atoms with E-state index in [0.717, 1.165) is 18.4 Å². The number of nitrogens with zero attached hydrogens (tertiary/aromatic N) is 2. The van der Waals surface area contributed by atoms with Crippen molar-refractivity contribution in [3.8, 4) is 0 Å². The summed E-state index contributed by atoms with van der Waals surface area (Å²) in [6.07, 6.45) is 5.15. The average molecular weight is 450 g/mol. The molecule has 132 valence electrons. The van der Waals surface area contributed by atoms with Gasteiger partial charge in [-0.05, 0) is 57.1 Å². The van der Waals surface area contributed by atoms with Crippen LogP contribution in [0, 0.1) is 5.92 Å². The fourth-order valence-electron chi connectivity index (χ4n) is 3.00. The van der Waals surface area contributed by atoms with E-state index < -0.39 is 0 Å². The van der Waals surface area contributed by atoms with Crippen LogP contribution in [0.15, 0.2) is 22.5 Å². The lowest BCUT2D eigenvalue weighted by atomic mass is 9.87. The number of hydrogen-bond acceptors (Lipinski definition) is 3. The minimum atomic E-state index is 0. The van der Waals surface area contributed by atoms with E-state index in [2.05, 4.69) is 59.1 Å². The third-order valence-electron chi connectivity index (χ3n) is 4.54. The summed E-state index contributed by atoms with van der Waals surface area (Å²) in [5.74, 6) is 1.81. The van der Waals surface area contributed by atoms with Crippen molar-refractivity contribution in [2.75, 3.05) is 27.7 Å². The Bertz CT molecular complexity index is 453. The number of guanidine groups is 1. The third kappa shape index (κ3) is 6.58. The molecule has 1 aliphatic carbocycles. The van der Waals surface area contributed by atoms with E-state index in [1.165, 1.54) is 30.6 Å². The van der Waals surface area contributed by atoms with Crippen LogP contribution in [0.1, 0.15) is 43.5 Å². The minimum absolute atomic E-state index is 0. The lowest BCUT2D eigenvalue weighted by Crippen LogP contribution is -2.46. The second kappa shape index (κ2) is 10.5. The van der Waals surface area contributed by atoms with Crippen LogP contribution < -0.4 is 10.6 Å². The Morgan fingerprint density at radius 2 is 2.04 bits per heavy atom. The molecule has 1 unspecified atom stereocenters. The first-order valence-electron chi connectivity index (χ1n) is 8.27. The second-order valence-corrected chi connectivity index (χ2v) is 7.53. The second-order valence-electron chi connectivity index (χ2n) is 6.55. The van der Waals surface area contributed by atoms with Gasteiger partial charge < -0.3 is 15.5 Å². The molecule has 0 saturated heterocycles. The highest BCUT2D eigenvalue weighted by Gasteiger charge is 2.20.